The van der Waals surface area contributed by atoms with E-state index in [0.29, 0.717) is 17.5 Å². The first-order valence-electron chi connectivity index (χ1n) is 4.71. The first-order valence-corrected chi connectivity index (χ1v) is 4.71. The Morgan fingerprint density at radius 1 is 1.29 bits per heavy atom. The maximum absolute atomic E-state index is 11.6. The van der Waals surface area contributed by atoms with Crippen molar-refractivity contribution in [2.75, 3.05) is 0 Å². The van der Waals surface area contributed by atoms with Crippen LogP contribution in [-0.4, -0.2) is 16.0 Å². The molecule has 1 aromatic rings. The fourth-order valence-electron chi connectivity index (χ4n) is 1.99. The fourth-order valence-corrected chi connectivity index (χ4v) is 1.99. The molecule has 0 radical (unpaired) electrons. The predicted octanol–water partition coefficient (Wildman–Crippen LogP) is 1.40. The second-order valence-corrected chi connectivity index (χ2v) is 3.57. The molecule has 0 atom stereocenters. The molecule has 0 bridgehead atoms. The maximum Gasteiger partial charge on any atom is 0.163 e. The summed E-state index contributed by atoms with van der Waals surface area (Å²) in [6.45, 7) is -0.192. The summed E-state index contributed by atoms with van der Waals surface area (Å²) < 4.78 is 0. The molecule has 1 aliphatic carbocycles. The largest absolute Gasteiger partial charge is 0.508 e. The van der Waals surface area contributed by atoms with Gasteiger partial charge in [-0.2, -0.15) is 0 Å². The highest BCUT2D eigenvalue weighted by Gasteiger charge is 2.20. The lowest BCUT2D eigenvalue weighted by Crippen LogP contribution is -2.13. The van der Waals surface area contributed by atoms with Crippen molar-refractivity contribution in [1.82, 2.24) is 0 Å². The normalized spacial score (nSPS) is 15.4. The van der Waals surface area contributed by atoms with Crippen molar-refractivity contribution in [3.05, 3.63) is 28.8 Å². The molecule has 0 heterocycles. The number of carbonyl (C=O) groups is 1. The third-order valence-corrected chi connectivity index (χ3v) is 2.59. The number of aliphatic hydroxyl groups is 1. The highest BCUT2D eigenvalue weighted by atomic mass is 16.3. The lowest BCUT2D eigenvalue weighted by atomic mass is 9.87. The van der Waals surface area contributed by atoms with E-state index in [1.165, 1.54) is 6.07 Å². The van der Waals surface area contributed by atoms with Crippen LogP contribution in [0, 0.1) is 0 Å². The molecule has 0 unspecified atom stereocenters. The van der Waals surface area contributed by atoms with E-state index < -0.39 is 0 Å². The van der Waals surface area contributed by atoms with Crippen LogP contribution in [0.1, 0.15) is 34.3 Å². The molecule has 0 fully saturated rings. The van der Waals surface area contributed by atoms with Crippen LogP contribution >= 0.6 is 0 Å². The number of aromatic hydroxyl groups is 1. The Balaban J connectivity index is 2.61. The molecule has 3 nitrogen and oxygen atoms in total. The molecule has 14 heavy (non-hydrogen) atoms. The Bertz CT molecular complexity index is 365. The molecule has 74 valence electrons. The van der Waals surface area contributed by atoms with Crippen LogP contribution in [0.3, 0.4) is 0 Å². The lowest BCUT2D eigenvalue weighted by molar-refractivity contribution is 0.0969. The van der Waals surface area contributed by atoms with Crippen molar-refractivity contribution in [3.8, 4) is 5.75 Å². The van der Waals surface area contributed by atoms with Gasteiger partial charge in [-0.1, -0.05) is 0 Å². The highest BCUT2D eigenvalue weighted by molar-refractivity contribution is 6.00. The standard InChI is InChI=1S/C11H12O3/c12-6-8-5-9(13)4-7-2-1-3-10(14)11(7)8/h4-5,12-13H,1-3,6H2. The third kappa shape index (κ3) is 1.40. The van der Waals surface area contributed by atoms with Gasteiger partial charge in [0.2, 0.25) is 0 Å². The zero-order valence-corrected chi connectivity index (χ0v) is 7.79. The van der Waals surface area contributed by atoms with E-state index in [1.807, 2.05) is 0 Å². The summed E-state index contributed by atoms with van der Waals surface area (Å²) in [6, 6.07) is 3.08. The van der Waals surface area contributed by atoms with Gasteiger partial charge in [0.25, 0.3) is 0 Å². The second kappa shape index (κ2) is 3.42. The Labute approximate surface area is 82.0 Å². The number of carbonyl (C=O) groups excluding carboxylic acids is 1. The number of phenols is 1. The van der Waals surface area contributed by atoms with Crippen LogP contribution in [0.15, 0.2) is 12.1 Å². The van der Waals surface area contributed by atoms with E-state index in [1.54, 1.807) is 6.07 Å². The van der Waals surface area contributed by atoms with E-state index >= 15 is 0 Å². The van der Waals surface area contributed by atoms with Crippen molar-refractivity contribution in [2.45, 2.75) is 25.9 Å². The van der Waals surface area contributed by atoms with Crippen molar-refractivity contribution in [3.63, 3.8) is 0 Å². The number of ketones is 1. The van der Waals surface area contributed by atoms with Gasteiger partial charge < -0.3 is 10.2 Å². The van der Waals surface area contributed by atoms with Gasteiger partial charge >= 0.3 is 0 Å². The summed E-state index contributed by atoms with van der Waals surface area (Å²) in [7, 11) is 0. The van der Waals surface area contributed by atoms with E-state index in [9.17, 15) is 9.90 Å². The third-order valence-electron chi connectivity index (χ3n) is 2.59. The predicted molar refractivity (Wildman–Crippen MR) is 51.3 cm³/mol. The fraction of sp³-hybridized carbons (Fsp3) is 0.364. The first-order chi connectivity index (χ1) is 6.72. The quantitative estimate of drug-likeness (QED) is 0.707. The number of hydrogen-bond donors (Lipinski definition) is 2. The number of fused-ring (bicyclic) bond motifs is 1. The summed E-state index contributed by atoms with van der Waals surface area (Å²) in [5.41, 5.74) is 2.03. The van der Waals surface area contributed by atoms with Crippen molar-refractivity contribution < 1.29 is 15.0 Å². The van der Waals surface area contributed by atoms with Crippen molar-refractivity contribution in [1.29, 1.82) is 0 Å². The SMILES string of the molecule is O=C1CCCc2cc(O)cc(CO)c21. The minimum absolute atomic E-state index is 0.0790. The Morgan fingerprint density at radius 3 is 2.79 bits per heavy atom. The minimum Gasteiger partial charge on any atom is -0.508 e. The highest BCUT2D eigenvalue weighted by Crippen LogP contribution is 2.28. The van der Waals surface area contributed by atoms with E-state index in [-0.39, 0.29) is 18.1 Å². The van der Waals surface area contributed by atoms with E-state index in [0.717, 1.165) is 18.4 Å². The number of Topliss-reactive ketones (excluding diaryl/α,β-unsaturated/α-hetero) is 1. The molecule has 2 N–H and O–H groups in total. The minimum atomic E-state index is -0.192. The van der Waals surface area contributed by atoms with Gasteiger partial charge in [-0.15, -0.1) is 0 Å². The molecule has 2 rings (SSSR count). The average molecular weight is 192 g/mol. The Morgan fingerprint density at radius 2 is 2.07 bits per heavy atom. The Kier molecular flexibility index (Phi) is 2.25. The molecule has 0 saturated heterocycles. The average Bonchev–Trinajstić information content (AvgIpc) is 2.16. The molecular weight excluding hydrogens is 180 g/mol. The summed E-state index contributed by atoms with van der Waals surface area (Å²) in [6.07, 6.45) is 2.19. The molecule has 0 aromatic heterocycles. The van der Waals surface area contributed by atoms with Crippen LogP contribution in [0.5, 0.6) is 5.75 Å². The molecule has 0 amide bonds. The molecule has 0 spiro atoms. The zero-order chi connectivity index (χ0) is 10.1. The van der Waals surface area contributed by atoms with Crippen LogP contribution < -0.4 is 0 Å². The van der Waals surface area contributed by atoms with Crippen LogP contribution in [0.25, 0.3) is 0 Å². The van der Waals surface area contributed by atoms with Crippen molar-refractivity contribution in [2.24, 2.45) is 0 Å². The van der Waals surface area contributed by atoms with Gasteiger partial charge in [-0.3, -0.25) is 4.79 Å². The van der Waals surface area contributed by atoms with Gasteiger partial charge in [0.05, 0.1) is 6.61 Å². The number of phenolic OH excluding ortho intramolecular Hbond substituents is 1. The van der Waals surface area contributed by atoms with E-state index in [2.05, 4.69) is 0 Å². The molecule has 3 heteroatoms. The summed E-state index contributed by atoms with van der Waals surface area (Å²) in [4.78, 5) is 11.6. The topological polar surface area (TPSA) is 57.5 Å². The molecule has 0 saturated carbocycles. The Hall–Kier alpha value is -1.35. The molecule has 1 aliphatic rings. The number of hydrogen-bond acceptors (Lipinski definition) is 3. The van der Waals surface area contributed by atoms with Crippen LogP contribution in [0.4, 0.5) is 0 Å². The molecule has 0 aliphatic heterocycles. The van der Waals surface area contributed by atoms with Gasteiger partial charge in [0.15, 0.2) is 5.78 Å². The zero-order valence-electron chi connectivity index (χ0n) is 7.79. The number of aliphatic hydroxyl groups excluding tert-OH is 1. The van der Waals surface area contributed by atoms with Gasteiger partial charge in [0, 0.05) is 12.0 Å². The summed E-state index contributed by atoms with van der Waals surface area (Å²) in [5.74, 6) is 0.206. The maximum atomic E-state index is 11.6. The second-order valence-electron chi connectivity index (χ2n) is 3.57. The molecule has 1 aromatic carbocycles. The van der Waals surface area contributed by atoms with Gasteiger partial charge in [-0.05, 0) is 36.1 Å². The number of aryl methyl sites for hydroxylation is 1. The van der Waals surface area contributed by atoms with Crippen LogP contribution in [0.2, 0.25) is 0 Å². The van der Waals surface area contributed by atoms with E-state index in [4.69, 9.17) is 5.11 Å². The van der Waals surface area contributed by atoms with Gasteiger partial charge in [-0.25, -0.2) is 0 Å². The number of rotatable bonds is 1. The summed E-state index contributed by atoms with van der Waals surface area (Å²) >= 11 is 0. The first kappa shape index (κ1) is 9.21. The summed E-state index contributed by atoms with van der Waals surface area (Å²) in [5, 5.41) is 18.4. The monoisotopic (exact) mass is 192 g/mol. The number of benzene rings is 1. The van der Waals surface area contributed by atoms with Crippen molar-refractivity contribution >= 4 is 5.78 Å². The van der Waals surface area contributed by atoms with Crippen LogP contribution in [-0.2, 0) is 13.0 Å². The lowest BCUT2D eigenvalue weighted by Gasteiger charge is -2.17. The van der Waals surface area contributed by atoms with Gasteiger partial charge in [0.1, 0.15) is 5.75 Å². The smallest absolute Gasteiger partial charge is 0.163 e. The molecular formula is C11H12O3.